The summed E-state index contributed by atoms with van der Waals surface area (Å²) in [6, 6.07) is 16.9. The average Bonchev–Trinajstić information content (AvgIpc) is 3.33. The van der Waals surface area contributed by atoms with Gasteiger partial charge >= 0.3 is 0 Å². The predicted molar refractivity (Wildman–Crippen MR) is 98.1 cm³/mol. The molecule has 4 rings (SSSR count). The minimum Gasteiger partial charge on any atom is -0.491 e. The number of rotatable bonds is 5. The van der Waals surface area contributed by atoms with Gasteiger partial charge in [0.05, 0.1) is 6.10 Å². The molecule has 4 N–H and O–H groups in total. The SMILES string of the molecule is Nc1ccc(C2CC(c3cccc(OCC4CCCO4)c3)NN2)cc1. The van der Waals surface area contributed by atoms with Crippen LogP contribution in [0.5, 0.6) is 5.75 Å². The topological polar surface area (TPSA) is 68.5 Å². The van der Waals surface area contributed by atoms with E-state index in [0.29, 0.717) is 6.61 Å². The molecule has 2 aromatic carbocycles. The second-order valence-electron chi connectivity index (χ2n) is 6.81. The van der Waals surface area contributed by atoms with E-state index in [1.807, 2.05) is 18.2 Å². The third-order valence-corrected chi connectivity index (χ3v) is 4.96. The molecule has 0 aliphatic carbocycles. The van der Waals surface area contributed by atoms with E-state index >= 15 is 0 Å². The van der Waals surface area contributed by atoms with E-state index in [2.05, 4.69) is 41.2 Å². The number of hydrogen-bond acceptors (Lipinski definition) is 5. The predicted octanol–water partition coefficient (Wildman–Crippen LogP) is 3.11. The Hall–Kier alpha value is -2.08. The van der Waals surface area contributed by atoms with Gasteiger partial charge in [-0.25, -0.2) is 10.9 Å². The number of nitrogen functional groups attached to an aromatic ring is 1. The maximum absolute atomic E-state index is 5.93. The van der Waals surface area contributed by atoms with Gasteiger partial charge in [-0.15, -0.1) is 0 Å². The fraction of sp³-hybridized carbons (Fsp3) is 0.400. The Bertz CT molecular complexity index is 698. The van der Waals surface area contributed by atoms with E-state index in [1.54, 1.807) is 0 Å². The summed E-state index contributed by atoms with van der Waals surface area (Å²) in [4.78, 5) is 0. The summed E-state index contributed by atoms with van der Waals surface area (Å²) in [5.74, 6) is 0.908. The van der Waals surface area contributed by atoms with Crippen LogP contribution < -0.4 is 21.3 Å². The van der Waals surface area contributed by atoms with Crippen molar-refractivity contribution >= 4 is 5.69 Å². The molecular formula is C20H25N3O2. The van der Waals surface area contributed by atoms with Gasteiger partial charge in [0.15, 0.2) is 0 Å². The third kappa shape index (κ3) is 3.95. The van der Waals surface area contributed by atoms with Crippen molar-refractivity contribution in [1.29, 1.82) is 0 Å². The molecule has 5 nitrogen and oxygen atoms in total. The number of nitrogens with one attached hydrogen (secondary N) is 2. The molecule has 0 radical (unpaired) electrons. The van der Waals surface area contributed by atoms with Crippen LogP contribution >= 0.6 is 0 Å². The van der Waals surface area contributed by atoms with Crippen molar-refractivity contribution in [2.24, 2.45) is 0 Å². The Balaban J connectivity index is 1.38. The molecule has 0 bridgehead atoms. The summed E-state index contributed by atoms with van der Waals surface area (Å²) in [6.07, 6.45) is 3.46. The third-order valence-electron chi connectivity index (χ3n) is 4.96. The Labute approximate surface area is 148 Å². The van der Waals surface area contributed by atoms with Gasteiger partial charge in [0.2, 0.25) is 0 Å². The molecule has 2 aliphatic rings. The van der Waals surface area contributed by atoms with E-state index < -0.39 is 0 Å². The molecule has 5 heteroatoms. The fourth-order valence-electron chi connectivity index (χ4n) is 3.51. The Morgan fingerprint density at radius 1 is 1.04 bits per heavy atom. The van der Waals surface area contributed by atoms with E-state index in [-0.39, 0.29) is 18.2 Å². The van der Waals surface area contributed by atoms with E-state index in [0.717, 1.165) is 37.3 Å². The molecule has 0 saturated carbocycles. The van der Waals surface area contributed by atoms with Crippen molar-refractivity contribution in [3.8, 4) is 5.75 Å². The van der Waals surface area contributed by atoms with Gasteiger partial charge in [-0.2, -0.15) is 0 Å². The minimum atomic E-state index is 0.241. The zero-order chi connectivity index (χ0) is 17.1. The first-order valence-electron chi connectivity index (χ1n) is 8.99. The van der Waals surface area contributed by atoms with Crippen molar-refractivity contribution < 1.29 is 9.47 Å². The van der Waals surface area contributed by atoms with Crippen molar-refractivity contribution in [2.75, 3.05) is 18.9 Å². The lowest BCUT2D eigenvalue weighted by molar-refractivity contribution is 0.0679. The molecular weight excluding hydrogens is 314 g/mol. The highest BCUT2D eigenvalue weighted by molar-refractivity contribution is 5.40. The Morgan fingerprint density at radius 2 is 1.84 bits per heavy atom. The summed E-state index contributed by atoms with van der Waals surface area (Å²) in [5, 5.41) is 0. The van der Waals surface area contributed by atoms with Gasteiger partial charge in [0, 0.05) is 24.4 Å². The molecule has 2 saturated heterocycles. The maximum atomic E-state index is 5.93. The van der Waals surface area contributed by atoms with Crippen molar-refractivity contribution in [1.82, 2.24) is 10.9 Å². The molecule has 2 heterocycles. The van der Waals surface area contributed by atoms with Crippen LogP contribution in [-0.4, -0.2) is 19.3 Å². The van der Waals surface area contributed by atoms with Gasteiger partial charge in [-0.3, -0.25) is 0 Å². The summed E-state index contributed by atoms with van der Waals surface area (Å²) < 4.78 is 11.5. The van der Waals surface area contributed by atoms with Crippen LogP contribution in [-0.2, 0) is 4.74 Å². The normalized spacial score (nSPS) is 26.0. The zero-order valence-corrected chi connectivity index (χ0v) is 14.3. The second kappa shape index (κ2) is 7.44. The molecule has 0 spiro atoms. The lowest BCUT2D eigenvalue weighted by Gasteiger charge is -2.14. The highest BCUT2D eigenvalue weighted by Crippen LogP contribution is 2.32. The molecule has 2 fully saturated rings. The van der Waals surface area contributed by atoms with Crippen LogP contribution in [0.1, 0.15) is 42.5 Å². The first-order chi connectivity index (χ1) is 12.3. The molecule has 0 amide bonds. The number of hydrazine groups is 1. The standard InChI is InChI=1S/C20H25N3O2/c21-16-8-6-14(7-9-16)19-12-20(23-22-19)15-3-1-4-17(11-15)25-13-18-5-2-10-24-18/h1,3-4,6-9,11,18-20,22-23H,2,5,10,12-13,21H2. The quantitative estimate of drug-likeness (QED) is 0.730. The van der Waals surface area contributed by atoms with Crippen LogP contribution in [0.2, 0.25) is 0 Å². The smallest absolute Gasteiger partial charge is 0.119 e. The van der Waals surface area contributed by atoms with Crippen LogP contribution in [0.3, 0.4) is 0 Å². The molecule has 0 aromatic heterocycles. The van der Waals surface area contributed by atoms with Crippen LogP contribution in [0.15, 0.2) is 48.5 Å². The largest absolute Gasteiger partial charge is 0.491 e. The highest BCUT2D eigenvalue weighted by Gasteiger charge is 2.26. The molecule has 3 unspecified atom stereocenters. The van der Waals surface area contributed by atoms with Crippen molar-refractivity contribution in [3.63, 3.8) is 0 Å². The summed E-state index contributed by atoms with van der Waals surface area (Å²) in [7, 11) is 0. The van der Waals surface area contributed by atoms with E-state index in [9.17, 15) is 0 Å². The molecule has 25 heavy (non-hydrogen) atoms. The molecule has 132 valence electrons. The van der Waals surface area contributed by atoms with Crippen molar-refractivity contribution in [2.45, 2.75) is 37.5 Å². The molecule has 2 aliphatic heterocycles. The lowest BCUT2D eigenvalue weighted by atomic mass is 9.97. The van der Waals surface area contributed by atoms with E-state index in [1.165, 1.54) is 11.1 Å². The zero-order valence-electron chi connectivity index (χ0n) is 14.3. The number of hydrogen-bond donors (Lipinski definition) is 3. The molecule has 2 aromatic rings. The van der Waals surface area contributed by atoms with Gasteiger partial charge in [0.1, 0.15) is 12.4 Å². The minimum absolute atomic E-state index is 0.241. The monoisotopic (exact) mass is 339 g/mol. The van der Waals surface area contributed by atoms with Gasteiger partial charge in [-0.1, -0.05) is 24.3 Å². The van der Waals surface area contributed by atoms with Crippen LogP contribution in [0.25, 0.3) is 0 Å². The number of benzene rings is 2. The average molecular weight is 339 g/mol. The van der Waals surface area contributed by atoms with Crippen LogP contribution in [0.4, 0.5) is 5.69 Å². The Morgan fingerprint density at radius 3 is 2.60 bits per heavy atom. The number of nitrogens with two attached hydrogens (primary N) is 1. The summed E-state index contributed by atoms with van der Waals surface area (Å²) in [5.41, 5.74) is 15.8. The summed E-state index contributed by atoms with van der Waals surface area (Å²) in [6.45, 7) is 1.49. The van der Waals surface area contributed by atoms with Gasteiger partial charge < -0.3 is 15.2 Å². The molecule has 3 atom stereocenters. The number of ether oxygens (including phenoxy) is 2. The van der Waals surface area contributed by atoms with Crippen molar-refractivity contribution in [3.05, 3.63) is 59.7 Å². The van der Waals surface area contributed by atoms with Gasteiger partial charge in [0.25, 0.3) is 0 Å². The number of anilines is 1. The first kappa shape index (κ1) is 16.4. The van der Waals surface area contributed by atoms with Crippen LogP contribution in [0, 0.1) is 0 Å². The lowest BCUT2D eigenvalue weighted by Crippen LogP contribution is -2.26. The Kier molecular flexibility index (Phi) is 4.88. The second-order valence-corrected chi connectivity index (χ2v) is 6.81. The fourth-order valence-corrected chi connectivity index (χ4v) is 3.51. The summed E-state index contributed by atoms with van der Waals surface area (Å²) >= 11 is 0. The maximum Gasteiger partial charge on any atom is 0.119 e. The highest BCUT2D eigenvalue weighted by atomic mass is 16.5. The first-order valence-corrected chi connectivity index (χ1v) is 8.99. The van der Waals surface area contributed by atoms with E-state index in [4.69, 9.17) is 15.2 Å². The van der Waals surface area contributed by atoms with Gasteiger partial charge in [-0.05, 0) is 54.7 Å².